The average molecular weight is 226 g/mol. The second-order valence-corrected chi connectivity index (χ2v) is 3.84. The average Bonchev–Trinajstić information content (AvgIpc) is 2.39. The summed E-state index contributed by atoms with van der Waals surface area (Å²) >= 11 is 0. The van der Waals surface area contributed by atoms with Gasteiger partial charge < -0.3 is 4.74 Å². The second kappa shape index (κ2) is 5.30. The number of carbonyl (C=O) groups excluding carboxylic acids is 1. The third-order valence-electron chi connectivity index (χ3n) is 2.71. The first kappa shape index (κ1) is 11.4. The van der Waals surface area contributed by atoms with Crippen molar-refractivity contribution in [1.29, 1.82) is 0 Å². The molecule has 0 amide bonds. The first-order valence-corrected chi connectivity index (χ1v) is 5.49. The van der Waals surface area contributed by atoms with Crippen molar-refractivity contribution < 1.29 is 9.53 Å². The summed E-state index contributed by atoms with van der Waals surface area (Å²) in [5.41, 5.74) is 2.92. The topological polar surface area (TPSA) is 26.3 Å². The number of rotatable bonds is 4. The Balaban J connectivity index is 2.27. The van der Waals surface area contributed by atoms with Crippen molar-refractivity contribution in [2.45, 2.75) is 6.42 Å². The van der Waals surface area contributed by atoms with Crippen LogP contribution in [0.25, 0.3) is 0 Å². The third kappa shape index (κ3) is 2.72. The second-order valence-electron chi connectivity index (χ2n) is 3.84. The zero-order valence-electron chi connectivity index (χ0n) is 9.72. The van der Waals surface area contributed by atoms with Gasteiger partial charge in [0.2, 0.25) is 0 Å². The lowest BCUT2D eigenvalue weighted by atomic mass is 10.0. The maximum Gasteiger partial charge on any atom is 0.150 e. The van der Waals surface area contributed by atoms with Crippen molar-refractivity contribution in [3.8, 4) is 5.75 Å². The fourth-order valence-electron chi connectivity index (χ4n) is 1.81. The highest BCUT2D eigenvalue weighted by molar-refractivity contribution is 5.77. The minimum absolute atomic E-state index is 0.742. The van der Waals surface area contributed by atoms with Crippen molar-refractivity contribution in [3.05, 3.63) is 65.2 Å². The van der Waals surface area contributed by atoms with Gasteiger partial charge >= 0.3 is 0 Å². The molecular formula is C15H14O2. The van der Waals surface area contributed by atoms with E-state index in [4.69, 9.17) is 4.74 Å². The lowest BCUT2D eigenvalue weighted by molar-refractivity contribution is 0.112. The van der Waals surface area contributed by atoms with Crippen molar-refractivity contribution in [1.82, 2.24) is 0 Å². The molecule has 2 rings (SSSR count). The number of carbonyl (C=O) groups is 1. The Kier molecular flexibility index (Phi) is 3.55. The highest BCUT2D eigenvalue weighted by atomic mass is 16.5. The first-order chi connectivity index (χ1) is 8.33. The van der Waals surface area contributed by atoms with E-state index in [0.717, 1.165) is 35.1 Å². The third-order valence-corrected chi connectivity index (χ3v) is 2.71. The maximum atomic E-state index is 10.9. The van der Waals surface area contributed by atoms with Gasteiger partial charge in [0.05, 0.1) is 7.11 Å². The summed E-state index contributed by atoms with van der Waals surface area (Å²) in [6, 6.07) is 15.5. The van der Waals surface area contributed by atoms with Crippen LogP contribution in [0, 0.1) is 0 Å². The van der Waals surface area contributed by atoms with Gasteiger partial charge in [-0.2, -0.15) is 0 Å². The quantitative estimate of drug-likeness (QED) is 0.749. The van der Waals surface area contributed by atoms with Gasteiger partial charge in [-0.3, -0.25) is 4.79 Å². The van der Waals surface area contributed by atoms with Crippen LogP contribution in [0.1, 0.15) is 21.5 Å². The lowest BCUT2D eigenvalue weighted by Gasteiger charge is -2.06. The fraction of sp³-hybridized carbons (Fsp3) is 0.133. The van der Waals surface area contributed by atoms with Gasteiger partial charge in [0.15, 0.2) is 0 Å². The molecule has 0 saturated carbocycles. The van der Waals surface area contributed by atoms with Crippen LogP contribution in [0.15, 0.2) is 48.5 Å². The molecule has 0 saturated heterocycles. The van der Waals surface area contributed by atoms with E-state index in [-0.39, 0.29) is 0 Å². The molecule has 0 radical (unpaired) electrons. The standard InChI is InChI=1S/C15H14O2/c1-17-15-8-4-5-12(10-15)9-13-6-2-3-7-14(13)11-16/h2-8,10-11H,9H2,1H3. The van der Waals surface area contributed by atoms with Crippen molar-refractivity contribution in [2.24, 2.45) is 0 Å². The summed E-state index contributed by atoms with van der Waals surface area (Å²) in [7, 11) is 1.65. The Bertz CT molecular complexity index is 518. The molecule has 0 bridgehead atoms. The van der Waals surface area contributed by atoms with Gasteiger partial charge in [-0.05, 0) is 29.7 Å². The lowest BCUT2D eigenvalue weighted by Crippen LogP contribution is -1.94. The summed E-state index contributed by atoms with van der Waals surface area (Å²) in [4.78, 5) is 10.9. The predicted octanol–water partition coefficient (Wildman–Crippen LogP) is 3.10. The molecule has 0 aromatic heterocycles. The number of hydrogen-bond donors (Lipinski definition) is 0. The molecule has 0 fully saturated rings. The van der Waals surface area contributed by atoms with E-state index in [1.807, 2.05) is 48.5 Å². The van der Waals surface area contributed by atoms with Crippen LogP contribution in [-0.2, 0) is 6.42 Å². The normalized spacial score (nSPS) is 9.94. The molecular weight excluding hydrogens is 212 g/mol. The molecule has 0 N–H and O–H groups in total. The molecule has 17 heavy (non-hydrogen) atoms. The number of aldehydes is 1. The molecule has 2 aromatic rings. The van der Waals surface area contributed by atoms with Crippen LogP contribution in [0.3, 0.4) is 0 Å². The monoisotopic (exact) mass is 226 g/mol. The molecule has 2 aromatic carbocycles. The smallest absolute Gasteiger partial charge is 0.150 e. The Labute approximate surface area is 101 Å². The highest BCUT2D eigenvalue weighted by Crippen LogP contribution is 2.17. The largest absolute Gasteiger partial charge is 0.497 e. The molecule has 0 unspecified atom stereocenters. The Hall–Kier alpha value is -2.09. The summed E-state index contributed by atoms with van der Waals surface area (Å²) in [5, 5.41) is 0. The minimum atomic E-state index is 0.742. The first-order valence-electron chi connectivity index (χ1n) is 5.49. The van der Waals surface area contributed by atoms with Gasteiger partial charge in [-0.15, -0.1) is 0 Å². The van der Waals surface area contributed by atoms with Gasteiger partial charge in [0.25, 0.3) is 0 Å². The SMILES string of the molecule is COc1cccc(Cc2ccccc2C=O)c1. The highest BCUT2D eigenvalue weighted by Gasteiger charge is 2.02. The van der Waals surface area contributed by atoms with E-state index in [1.165, 1.54) is 0 Å². The fourth-order valence-corrected chi connectivity index (χ4v) is 1.81. The minimum Gasteiger partial charge on any atom is -0.497 e. The van der Waals surface area contributed by atoms with E-state index in [9.17, 15) is 4.79 Å². The summed E-state index contributed by atoms with van der Waals surface area (Å²) in [6.07, 6.45) is 1.64. The van der Waals surface area contributed by atoms with Crippen molar-refractivity contribution in [2.75, 3.05) is 7.11 Å². The molecule has 0 spiro atoms. The predicted molar refractivity (Wildman–Crippen MR) is 67.6 cm³/mol. The Morgan fingerprint density at radius 1 is 1.12 bits per heavy atom. The maximum absolute atomic E-state index is 10.9. The molecule has 0 aliphatic carbocycles. The van der Waals surface area contributed by atoms with Gasteiger partial charge in [-0.1, -0.05) is 36.4 Å². The molecule has 2 nitrogen and oxygen atoms in total. The zero-order chi connectivity index (χ0) is 12.1. The molecule has 86 valence electrons. The number of ether oxygens (including phenoxy) is 1. The molecule has 0 aliphatic rings. The number of hydrogen-bond acceptors (Lipinski definition) is 2. The molecule has 2 heteroatoms. The van der Waals surface area contributed by atoms with E-state index >= 15 is 0 Å². The van der Waals surface area contributed by atoms with Crippen LogP contribution in [0.4, 0.5) is 0 Å². The van der Waals surface area contributed by atoms with E-state index < -0.39 is 0 Å². The van der Waals surface area contributed by atoms with Gasteiger partial charge in [-0.25, -0.2) is 0 Å². The number of methoxy groups -OCH3 is 1. The van der Waals surface area contributed by atoms with Crippen LogP contribution < -0.4 is 4.74 Å². The van der Waals surface area contributed by atoms with Crippen molar-refractivity contribution >= 4 is 6.29 Å². The Morgan fingerprint density at radius 3 is 2.71 bits per heavy atom. The van der Waals surface area contributed by atoms with Gasteiger partial charge in [0, 0.05) is 5.56 Å². The zero-order valence-corrected chi connectivity index (χ0v) is 9.72. The Morgan fingerprint density at radius 2 is 1.94 bits per heavy atom. The van der Waals surface area contributed by atoms with Crippen LogP contribution in [0.2, 0.25) is 0 Å². The molecule has 0 heterocycles. The van der Waals surface area contributed by atoms with E-state index in [1.54, 1.807) is 7.11 Å². The number of benzene rings is 2. The van der Waals surface area contributed by atoms with Crippen LogP contribution in [-0.4, -0.2) is 13.4 Å². The van der Waals surface area contributed by atoms with Crippen LogP contribution >= 0.6 is 0 Å². The molecule has 0 atom stereocenters. The summed E-state index contributed by atoms with van der Waals surface area (Å²) in [6.45, 7) is 0. The molecule has 0 aliphatic heterocycles. The van der Waals surface area contributed by atoms with Gasteiger partial charge in [0.1, 0.15) is 12.0 Å². The van der Waals surface area contributed by atoms with E-state index in [2.05, 4.69) is 0 Å². The van der Waals surface area contributed by atoms with E-state index in [0.29, 0.717) is 0 Å². The van der Waals surface area contributed by atoms with Crippen molar-refractivity contribution in [3.63, 3.8) is 0 Å². The summed E-state index contributed by atoms with van der Waals surface area (Å²) < 4.78 is 5.18. The van der Waals surface area contributed by atoms with Crippen LogP contribution in [0.5, 0.6) is 5.75 Å². The summed E-state index contributed by atoms with van der Waals surface area (Å²) in [5.74, 6) is 0.839.